The van der Waals surface area contributed by atoms with Gasteiger partial charge in [-0.3, -0.25) is 0 Å². The predicted molar refractivity (Wildman–Crippen MR) is 77.2 cm³/mol. The zero-order valence-electron chi connectivity index (χ0n) is 10.8. The van der Waals surface area contributed by atoms with Gasteiger partial charge in [-0.25, -0.2) is 0 Å². The van der Waals surface area contributed by atoms with E-state index in [4.69, 9.17) is 20.6 Å². The molecule has 0 N–H and O–H groups in total. The van der Waals surface area contributed by atoms with Gasteiger partial charge in [0.05, 0.1) is 0 Å². The third-order valence-corrected chi connectivity index (χ3v) is 8.62. The van der Waals surface area contributed by atoms with Gasteiger partial charge in [-0.2, -0.15) is 0 Å². The number of ketones is 1. The van der Waals surface area contributed by atoms with E-state index in [-0.39, 0.29) is 11.1 Å². The third-order valence-electron chi connectivity index (χ3n) is 2.09. The predicted octanol–water partition coefficient (Wildman–Crippen LogP) is 3.83. The molecule has 1 rings (SSSR count). The Kier molecular flexibility index (Phi) is 7.30. The number of rotatable bonds is 8. The zero-order valence-corrected chi connectivity index (χ0v) is 14.2. The van der Waals surface area contributed by atoms with Crippen molar-refractivity contribution in [2.24, 2.45) is 0 Å². The van der Waals surface area contributed by atoms with Crippen LogP contribution in [0.15, 0.2) is 24.3 Å². The molecule has 0 atom stereocenters. The zero-order chi connectivity index (χ0) is 14.3. The number of benzene rings is 1. The minimum absolute atomic E-state index is 0.0729. The molecule has 0 aliphatic heterocycles. The standard InChI is InChI=1S/C12H16ClO4PSe/c1-3-16-18(15,17-4-2)19-9-12(14)10-5-7-11(13)8-6-10/h5-8H,3-4,9H2,1-2H3. The molecule has 0 bridgehead atoms. The monoisotopic (exact) mass is 370 g/mol. The van der Waals surface area contributed by atoms with Crippen molar-refractivity contribution in [2.45, 2.75) is 19.2 Å². The number of carbonyl (C=O) groups excluding carboxylic acids is 1. The first-order valence-electron chi connectivity index (χ1n) is 5.83. The molecular formula is C12H16ClO4PSe. The van der Waals surface area contributed by atoms with Crippen molar-refractivity contribution in [3.8, 4) is 0 Å². The van der Waals surface area contributed by atoms with Crippen LogP contribution in [0.4, 0.5) is 0 Å². The van der Waals surface area contributed by atoms with E-state index in [2.05, 4.69) is 0 Å². The Bertz CT molecular complexity index is 453. The number of carbonyl (C=O) groups is 1. The summed E-state index contributed by atoms with van der Waals surface area (Å²) in [5.74, 6) is -0.0729. The van der Waals surface area contributed by atoms with Gasteiger partial charge < -0.3 is 0 Å². The Labute approximate surface area is 124 Å². The molecule has 106 valence electrons. The van der Waals surface area contributed by atoms with Gasteiger partial charge in [-0.05, 0) is 0 Å². The normalized spacial score (nSPS) is 11.5. The average molecular weight is 370 g/mol. The van der Waals surface area contributed by atoms with Crippen LogP contribution in [0.3, 0.4) is 0 Å². The second kappa shape index (κ2) is 8.21. The molecule has 0 aliphatic carbocycles. The molecule has 0 spiro atoms. The van der Waals surface area contributed by atoms with E-state index in [1.807, 2.05) is 0 Å². The maximum absolute atomic E-state index is 12.2. The summed E-state index contributed by atoms with van der Waals surface area (Å²) in [4.78, 5) is 12.0. The summed E-state index contributed by atoms with van der Waals surface area (Å²) >= 11 is 5.24. The second-order valence-electron chi connectivity index (χ2n) is 3.49. The molecule has 0 aromatic heterocycles. The van der Waals surface area contributed by atoms with Crippen LogP contribution in [0.1, 0.15) is 24.2 Å². The number of hydrogen-bond acceptors (Lipinski definition) is 4. The van der Waals surface area contributed by atoms with E-state index in [9.17, 15) is 9.36 Å². The molecule has 0 heterocycles. The van der Waals surface area contributed by atoms with E-state index in [1.165, 1.54) is 0 Å². The molecule has 4 nitrogen and oxygen atoms in total. The van der Waals surface area contributed by atoms with E-state index in [1.54, 1.807) is 38.1 Å². The minimum atomic E-state index is -3.09. The Balaban J connectivity index is 2.61. The topological polar surface area (TPSA) is 52.6 Å². The summed E-state index contributed by atoms with van der Waals surface area (Å²) in [6.07, 6.45) is -3.09. The van der Waals surface area contributed by atoms with Crippen molar-refractivity contribution in [1.29, 1.82) is 0 Å². The van der Waals surface area contributed by atoms with Gasteiger partial charge in [-0.1, -0.05) is 0 Å². The molecule has 1 aromatic carbocycles. The fraction of sp³-hybridized carbons (Fsp3) is 0.417. The van der Waals surface area contributed by atoms with Gasteiger partial charge in [0, 0.05) is 0 Å². The van der Waals surface area contributed by atoms with Gasteiger partial charge >= 0.3 is 124 Å². The molecule has 0 amide bonds. The molecule has 0 aliphatic rings. The Morgan fingerprint density at radius 3 is 2.21 bits per heavy atom. The van der Waals surface area contributed by atoms with Crippen LogP contribution in [0.25, 0.3) is 0 Å². The Morgan fingerprint density at radius 2 is 1.74 bits per heavy atom. The summed E-state index contributed by atoms with van der Waals surface area (Å²) < 4.78 is 22.5. The molecule has 0 unspecified atom stereocenters. The molecule has 19 heavy (non-hydrogen) atoms. The van der Waals surface area contributed by atoms with Crippen molar-refractivity contribution < 1.29 is 18.4 Å². The van der Waals surface area contributed by atoms with Crippen LogP contribution in [0.2, 0.25) is 10.3 Å². The summed E-state index contributed by atoms with van der Waals surface area (Å²) in [6.45, 7) is 4.13. The Hall–Kier alpha value is -0.151. The number of hydrogen-bond donors (Lipinski definition) is 0. The molecule has 0 fully saturated rings. The van der Waals surface area contributed by atoms with Gasteiger partial charge in [0.25, 0.3) is 0 Å². The molecular weight excluding hydrogens is 354 g/mol. The van der Waals surface area contributed by atoms with Crippen LogP contribution < -0.4 is 0 Å². The van der Waals surface area contributed by atoms with Crippen LogP contribution in [-0.4, -0.2) is 33.5 Å². The van der Waals surface area contributed by atoms with E-state index in [0.29, 0.717) is 23.8 Å². The maximum atomic E-state index is 12.2. The van der Waals surface area contributed by atoms with Gasteiger partial charge in [0.2, 0.25) is 0 Å². The van der Waals surface area contributed by atoms with Crippen LogP contribution in [0.5, 0.6) is 0 Å². The summed E-state index contributed by atoms with van der Waals surface area (Å²) in [5, 5.41) is 0.766. The fourth-order valence-electron chi connectivity index (χ4n) is 1.28. The summed E-state index contributed by atoms with van der Waals surface area (Å²) in [7, 11) is 0. The molecule has 7 heteroatoms. The van der Waals surface area contributed by atoms with E-state index >= 15 is 0 Å². The molecule has 1 aromatic rings. The van der Waals surface area contributed by atoms with Crippen molar-refractivity contribution in [3.63, 3.8) is 0 Å². The summed E-state index contributed by atoms with van der Waals surface area (Å²) in [6, 6.07) is 6.64. The van der Waals surface area contributed by atoms with Crippen LogP contribution in [-0.2, 0) is 13.6 Å². The second-order valence-corrected chi connectivity index (χ2v) is 10.6. The fourth-order valence-corrected chi connectivity index (χ4v) is 6.89. The van der Waals surface area contributed by atoms with Crippen molar-refractivity contribution in [3.05, 3.63) is 34.9 Å². The van der Waals surface area contributed by atoms with E-state index < -0.39 is 20.8 Å². The quantitative estimate of drug-likeness (QED) is 0.397. The first-order chi connectivity index (χ1) is 9.00. The average Bonchev–Trinajstić information content (AvgIpc) is 2.37. The first-order valence-corrected chi connectivity index (χ1v) is 11.2. The van der Waals surface area contributed by atoms with Crippen molar-refractivity contribution in [1.82, 2.24) is 0 Å². The van der Waals surface area contributed by atoms with Crippen molar-refractivity contribution >= 4 is 38.2 Å². The summed E-state index contributed by atoms with van der Waals surface area (Å²) in [5.41, 5.74) is 0.561. The number of halogens is 1. The van der Waals surface area contributed by atoms with Gasteiger partial charge in [0.15, 0.2) is 0 Å². The molecule has 0 radical (unpaired) electrons. The molecule has 0 saturated heterocycles. The van der Waals surface area contributed by atoms with E-state index in [0.717, 1.165) is 0 Å². The Morgan fingerprint density at radius 1 is 1.21 bits per heavy atom. The third kappa shape index (κ3) is 5.78. The van der Waals surface area contributed by atoms with Gasteiger partial charge in [0.1, 0.15) is 0 Å². The van der Waals surface area contributed by atoms with Crippen LogP contribution >= 0.6 is 17.9 Å². The van der Waals surface area contributed by atoms with Crippen molar-refractivity contribution in [2.75, 3.05) is 13.2 Å². The number of Topliss-reactive ketones (excluding diaryl/α,β-unsaturated/α-hetero) is 1. The van der Waals surface area contributed by atoms with Crippen LogP contribution in [0, 0.1) is 0 Å². The SMILES string of the molecule is CCOP(=O)(OCC)[Se]CC(=O)c1ccc(Cl)cc1. The molecule has 0 saturated carbocycles. The van der Waals surface area contributed by atoms with Gasteiger partial charge in [-0.15, -0.1) is 0 Å². The first kappa shape index (κ1) is 16.9.